The van der Waals surface area contributed by atoms with Gasteiger partial charge in [0.1, 0.15) is 5.82 Å². The predicted octanol–water partition coefficient (Wildman–Crippen LogP) is 1.30. The van der Waals surface area contributed by atoms with E-state index in [1.165, 1.54) is 18.2 Å². The lowest BCUT2D eigenvalue weighted by molar-refractivity contribution is -0.127. The average molecular weight is 225 g/mol. The molecule has 0 saturated carbocycles. The molecule has 0 bridgehead atoms. The molecule has 88 valence electrons. The summed E-state index contributed by atoms with van der Waals surface area (Å²) < 4.78 is 12.9. The second kappa shape index (κ2) is 5.34. The Bertz CT molecular complexity index is 381. The van der Waals surface area contributed by atoms with Crippen LogP contribution in [0.2, 0.25) is 0 Å². The molecule has 0 aliphatic rings. The van der Waals surface area contributed by atoms with E-state index in [1.807, 2.05) is 6.92 Å². The maximum atomic E-state index is 12.9. The predicted molar refractivity (Wildman–Crippen MR) is 62.6 cm³/mol. The summed E-state index contributed by atoms with van der Waals surface area (Å²) in [5, 5.41) is 2.81. The first-order chi connectivity index (χ1) is 7.54. The van der Waals surface area contributed by atoms with E-state index in [9.17, 15) is 9.18 Å². The number of hydrogen-bond donors (Lipinski definition) is 2. The normalized spacial score (nSPS) is 9.94. The Labute approximate surface area is 94.2 Å². The molecule has 0 aliphatic carbocycles. The van der Waals surface area contributed by atoms with Gasteiger partial charge in [0.05, 0.1) is 17.9 Å². The number of nitrogen functional groups attached to an aromatic ring is 1. The second-order valence-corrected chi connectivity index (χ2v) is 3.49. The lowest BCUT2D eigenvalue weighted by Crippen LogP contribution is -2.32. The van der Waals surface area contributed by atoms with Gasteiger partial charge in [-0.05, 0) is 25.1 Å². The van der Waals surface area contributed by atoms with Gasteiger partial charge in [-0.1, -0.05) is 0 Å². The van der Waals surface area contributed by atoms with Gasteiger partial charge in [-0.2, -0.15) is 0 Å². The Morgan fingerprint density at radius 1 is 1.56 bits per heavy atom. The standard InChI is InChI=1S/C11H16FN3O/c1-3-15(2)11(16)7-14-10-6-8(12)4-5-9(10)13/h4-6,14H,3,7,13H2,1-2H3. The zero-order chi connectivity index (χ0) is 12.1. The van der Waals surface area contributed by atoms with E-state index in [1.54, 1.807) is 11.9 Å². The number of carbonyl (C=O) groups is 1. The highest BCUT2D eigenvalue weighted by Crippen LogP contribution is 2.18. The summed E-state index contributed by atoms with van der Waals surface area (Å²) in [6, 6.07) is 4.01. The number of halogens is 1. The third-order valence-corrected chi connectivity index (χ3v) is 2.35. The van der Waals surface area contributed by atoms with Crippen LogP contribution in [-0.4, -0.2) is 30.9 Å². The van der Waals surface area contributed by atoms with Crippen LogP contribution in [0.5, 0.6) is 0 Å². The molecule has 3 N–H and O–H groups in total. The van der Waals surface area contributed by atoms with Gasteiger partial charge in [-0.3, -0.25) is 4.79 Å². The Hall–Kier alpha value is -1.78. The molecule has 1 aromatic carbocycles. The van der Waals surface area contributed by atoms with Crippen molar-refractivity contribution in [3.8, 4) is 0 Å². The number of carbonyl (C=O) groups excluding carboxylic acids is 1. The molecule has 0 fully saturated rings. The quantitative estimate of drug-likeness (QED) is 0.759. The number of nitrogens with two attached hydrogens (primary N) is 1. The molecule has 0 saturated heterocycles. The van der Waals surface area contributed by atoms with Crippen molar-refractivity contribution in [1.82, 2.24) is 4.90 Å². The van der Waals surface area contributed by atoms with Crippen LogP contribution in [-0.2, 0) is 4.79 Å². The first kappa shape index (κ1) is 12.3. The third kappa shape index (κ3) is 3.12. The fourth-order valence-electron chi connectivity index (χ4n) is 1.16. The number of nitrogens with zero attached hydrogens (tertiary/aromatic N) is 1. The van der Waals surface area contributed by atoms with Gasteiger partial charge < -0.3 is 16.0 Å². The molecule has 0 heterocycles. The van der Waals surface area contributed by atoms with Gasteiger partial charge in [0, 0.05) is 13.6 Å². The first-order valence-electron chi connectivity index (χ1n) is 5.07. The number of nitrogens with one attached hydrogen (secondary N) is 1. The maximum Gasteiger partial charge on any atom is 0.241 e. The van der Waals surface area contributed by atoms with Crippen molar-refractivity contribution in [3.63, 3.8) is 0 Å². The van der Waals surface area contributed by atoms with Gasteiger partial charge in [0.25, 0.3) is 0 Å². The molecule has 0 aromatic heterocycles. The largest absolute Gasteiger partial charge is 0.397 e. The van der Waals surface area contributed by atoms with E-state index in [-0.39, 0.29) is 18.3 Å². The first-order valence-corrected chi connectivity index (χ1v) is 5.07. The summed E-state index contributed by atoms with van der Waals surface area (Å²) in [6.07, 6.45) is 0. The van der Waals surface area contributed by atoms with Gasteiger partial charge in [0.2, 0.25) is 5.91 Å². The average Bonchev–Trinajstić information content (AvgIpc) is 2.28. The van der Waals surface area contributed by atoms with Gasteiger partial charge in [-0.15, -0.1) is 0 Å². The third-order valence-electron chi connectivity index (χ3n) is 2.35. The number of benzene rings is 1. The van der Waals surface area contributed by atoms with E-state index in [0.29, 0.717) is 17.9 Å². The summed E-state index contributed by atoms with van der Waals surface area (Å²) in [5.74, 6) is -0.445. The van der Waals surface area contributed by atoms with Crippen LogP contribution < -0.4 is 11.1 Å². The zero-order valence-corrected chi connectivity index (χ0v) is 9.46. The Kier molecular flexibility index (Phi) is 4.10. The number of anilines is 2. The van der Waals surface area contributed by atoms with Crippen molar-refractivity contribution in [2.75, 3.05) is 31.2 Å². The van der Waals surface area contributed by atoms with Crippen LogP contribution in [0.1, 0.15) is 6.92 Å². The highest BCUT2D eigenvalue weighted by molar-refractivity contribution is 5.82. The molecule has 16 heavy (non-hydrogen) atoms. The van der Waals surface area contributed by atoms with E-state index < -0.39 is 0 Å². The van der Waals surface area contributed by atoms with Gasteiger partial charge >= 0.3 is 0 Å². The van der Waals surface area contributed by atoms with Crippen molar-refractivity contribution in [1.29, 1.82) is 0 Å². The smallest absolute Gasteiger partial charge is 0.241 e. The molecule has 0 atom stereocenters. The van der Waals surface area contributed by atoms with Crippen molar-refractivity contribution in [3.05, 3.63) is 24.0 Å². The van der Waals surface area contributed by atoms with Crippen molar-refractivity contribution in [2.24, 2.45) is 0 Å². The van der Waals surface area contributed by atoms with Crippen LogP contribution in [0.25, 0.3) is 0 Å². The van der Waals surface area contributed by atoms with Crippen molar-refractivity contribution in [2.45, 2.75) is 6.92 Å². The van der Waals surface area contributed by atoms with Crippen LogP contribution in [0.15, 0.2) is 18.2 Å². The van der Waals surface area contributed by atoms with Gasteiger partial charge in [0.15, 0.2) is 0 Å². The second-order valence-electron chi connectivity index (χ2n) is 3.49. The number of hydrogen-bond acceptors (Lipinski definition) is 3. The van der Waals surface area contributed by atoms with Crippen molar-refractivity contribution >= 4 is 17.3 Å². The minimum Gasteiger partial charge on any atom is -0.397 e. The van der Waals surface area contributed by atoms with Crippen LogP contribution in [0, 0.1) is 5.82 Å². The Morgan fingerprint density at radius 3 is 2.88 bits per heavy atom. The van der Waals surface area contributed by atoms with E-state index in [0.717, 1.165) is 0 Å². The monoisotopic (exact) mass is 225 g/mol. The summed E-state index contributed by atoms with van der Waals surface area (Å²) in [4.78, 5) is 13.0. The molecular weight excluding hydrogens is 209 g/mol. The van der Waals surface area contributed by atoms with Gasteiger partial charge in [-0.25, -0.2) is 4.39 Å². The minimum absolute atomic E-state index is 0.0637. The molecule has 4 nitrogen and oxygen atoms in total. The maximum absolute atomic E-state index is 12.9. The highest BCUT2D eigenvalue weighted by Gasteiger charge is 2.07. The van der Waals surface area contributed by atoms with E-state index in [4.69, 9.17) is 5.73 Å². The molecule has 0 unspecified atom stereocenters. The summed E-state index contributed by atoms with van der Waals surface area (Å²) in [7, 11) is 1.71. The molecular formula is C11H16FN3O. The molecule has 5 heteroatoms. The minimum atomic E-state index is -0.381. The lowest BCUT2D eigenvalue weighted by Gasteiger charge is -2.15. The number of likely N-dealkylation sites (N-methyl/N-ethyl adjacent to an activating group) is 1. The molecule has 0 radical (unpaired) electrons. The molecule has 1 aromatic rings. The summed E-state index contributed by atoms with van der Waals surface area (Å²) in [5.41, 5.74) is 6.50. The van der Waals surface area contributed by atoms with Crippen LogP contribution >= 0.6 is 0 Å². The zero-order valence-electron chi connectivity index (χ0n) is 9.46. The number of amides is 1. The fraction of sp³-hybridized carbons (Fsp3) is 0.364. The van der Waals surface area contributed by atoms with E-state index in [2.05, 4.69) is 5.32 Å². The topological polar surface area (TPSA) is 58.4 Å². The number of rotatable bonds is 4. The molecule has 1 rings (SSSR count). The lowest BCUT2D eigenvalue weighted by atomic mass is 10.2. The van der Waals surface area contributed by atoms with Crippen molar-refractivity contribution < 1.29 is 9.18 Å². The van der Waals surface area contributed by atoms with Crippen LogP contribution in [0.3, 0.4) is 0 Å². The SMILES string of the molecule is CCN(C)C(=O)CNc1cc(F)ccc1N. The summed E-state index contributed by atoms with van der Waals surface area (Å²) >= 11 is 0. The molecule has 0 spiro atoms. The fourth-order valence-corrected chi connectivity index (χ4v) is 1.16. The Morgan fingerprint density at radius 2 is 2.25 bits per heavy atom. The van der Waals surface area contributed by atoms with E-state index >= 15 is 0 Å². The highest BCUT2D eigenvalue weighted by atomic mass is 19.1. The Balaban J connectivity index is 2.61. The summed E-state index contributed by atoms with van der Waals surface area (Å²) in [6.45, 7) is 2.63. The molecule has 0 aliphatic heterocycles. The van der Waals surface area contributed by atoms with Crippen LogP contribution in [0.4, 0.5) is 15.8 Å². The molecule has 1 amide bonds.